The first kappa shape index (κ1) is 27.3. The lowest BCUT2D eigenvalue weighted by Gasteiger charge is -2.15. The van der Waals surface area contributed by atoms with Crippen LogP contribution in [0.15, 0.2) is 76.1 Å². The first-order chi connectivity index (χ1) is 18.4. The number of benzene rings is 3. The number of nitrogens with one attached hydrogen (secondary N) is 1. The summed E-state index contributed by atoms with van der Waals surface area (Å²) in [6.07, 6.45) is 1.59. The summed E-state index contributed by atoms with van der Waals surface area (Å²) >= 11 is 4.32. The molecule has 0 atom stereocenters. The fraction of sp³-hybridized carbons (Fsp3) is 0.179. The zero-order valence-electron chi connectivity index (χ0n) is 20.7. The Labute approximate surface area is 233 Å². The number of anilines is 1. The number of nitrogens with zero attached hydrogens (tertiary/aromatic N) is 1. The number of methoxy groups -OCH3 is 1. The number of rotatable bonds is 10. The average Bonchev–Trinajstić information content (AvgIpc) is 3.16. The van der Waals surface area contributed by atoms with Gasteiger partial charge in [-0.3, -0.25) is 19.3 Å². The summed E-state index contributed by atoms with van der Waals surface area (Å²) in [6.45, 7) is 2.22. The summed E-state index contributed by atoms with van der Waals surface area (Å²) in [5.41, 5.74) is 2.09. The van der Waals surface area contributed by atoms with Crippen molar-refractivity contribution in [1.29, 1.82) is 0 Å². The highest BCUT2D eigenvalue weighted by molar-refractivity contribution is 9.10. The van der Waals surface area contributed by atoms with Crippen molar-refractivity contribution in [2.45, 2.75) is 13.5 Å². The molecule has 10 heteroatoms. The van der Waals surface area contributed by atoms with Crippen molar-refractivity contribution >= 4 is 56.5 Å². The Morgan fingerprint density at radius 1 is 1.03 bits per heavy atom. The third-order valence-electron chi connectivity index (χ3n) is 5.41. The van der Waals surface area contributed by atoms with Crippen LogP contribution in [0.2, 0.25) is 0 Å². The molecular formula is C28H25BrN2O6S. The van der Waals surface area contributed by atoms with E-state index in [0.717, 1.165) is 22.2 Å². The van der Waals surface area contributed by atoms with Crippen LogP contribution < -0.4 is 19.5 Å². The van der Waals surface area contributed by atoms with Crippen LogP contribution in [-0.4, -0.2) is 42.2 Å². The highest BCUT2D eigenvalue weighted by Crippen LogP contribution is 2.39. The fourth-order valence-electron chi connectivity index (χ4n) is 3.67. The van der Waals surface area contributed by atoms with Crippen LogP contribution in [0.5, 0.6) is 17.2 Å². The van der Waals surface area contributed by atoms with Crippen molar-refractivity contribution in [2.75, 3.05) is 25.6 Å². The van der Waals surface area contributed by atoms with Crippen LogP contribution in [0.25, 0.3) is 6.08 Å². The van der Waals surface area contributed by atoms with E-state index < -0.39 is 23.6 Å². The normalized spacial score (nSPS) is 14.1. The minimum atomic E-state index is -0.548. The number of thioether (sulfide) groups is 1. The second-order valence-electron chi connectivity index (χ2n) is 8.05. The summed E-state index contributed by atoms with van der Waals surface area (Å²) in [5.74, 6) is 0.447. The molecule has 0 aromatic heterocycles. The lowest BCUT2D eigenvalue weighted by molar-refractivity contribution is -0.127. The van der Waals surface area contributed by atoms with Gasteiger partial charge in [0.05, 0.1) is 28.8 Å². The predicted octanol–water partition coefficient (Wildman–Crippen LogP) is 6.11. The van der Waals surface area contributed by atoms with Crippen LogP contribution in [0.3, 0.4) is 0 Å². The van der Waals surface area contributed by atoms with E-state index in [0.29, 0.717) is 46.2 Å². The fourth-order valence-corrected chi connectivity index (χ4v) is 5.09. The van der Waals surface area contributed by atoms with E-state index in [1.165, 1.54) is 7.11 Å². The molecule has 1 saturated heterocycles. The number of hydrogen-bond acceptors (Lipinski definition) is 7. The van der Waals surface area contributed by atoms with Crippen molar-refractivity contribution < 1.29 is 28.6 Å². The Morgan fingerprint density at radius 2 is 1.76 bits per heavy atom. The molecular weight excluding hydrogens is 572 g/mol. The number of imide groups is 1. The maximum atomic E-state index is 13.0. The summed E-state index contributed by atoms with van der Waals surface area (Å²) in [4.78, 5) is 39.3. The van der Waals surface area contributed by atoms with Gasteiger partial charge in [-0.1, -0.05) is 42.5 Å². The van der Waals surface area contributed by atoms with E-state index in [1.54, 1.807) is 42.5 Å². The van der Waals surface area contributed by atoms with Crippen LogP contribution in [-0.2, 0) is 16.2 Å². The second-order valence-corrected chi connectivity index (χ2v) is 9.90. The van der Waals surface area contributed by atoms with Gasteiger partial charge in [0.15, 0.2) is 11.5 Å². The summed E-state index contributed by atoms with van der Waals surface area (Å²) in [5, 5.41) is 2.15. The molecule has 38 heavy (non-hydrogen) atoms. The quantitative estimate of drug-likeness (QED) is 0.282. The molecule has 1 heterocycles. The lowest BCUT2D eigenvalue weighted by atomic mass is 10.1. The van der Waals surface area contributed by atoms with Crippen molar-refractivity contribution in [2.24, 2.45) is 0 Å². The molecule has 8 nitrogen and oxygen atoms in total. The van der Waals surface area contributed by atoms with Gasteiger partial charge < -0.3 is 19.5 Å². The standard InChI is InChI=1S/C28H25BrN2O6S/c1-3-36-23-14-19(13-20(29)26(23)37-17-18-9-5-4-6-10-18)15-24-27(33)31(28(34)38-24)16-25(32)30-21-11-7-8-12-22(21)35-2/h4-15H,3,16-17H2,1-2H3,(H,30,32)/b24-15+. The molecule has 3 aromatic rings. The molecule has 0 bridgehead atoms. The minimum Gasteiger partial charge on any atom is -0.495 e. The van der Waals surface area contributed by atoms with Gasteiger partial charge in [-0.15, -0.1) is 0 Å². The summed E-state index contributed by atoms with van der Waals surface area (Å²) in [7, 11) is 1.49. The van der Waals surface area contributed by atoms with Crippen LogP contribution >= 0.6 is 27.7 Å². The van der Waals surface area contributed by atoms with E-state index >= 15 is 0 Å². The number of carbonyl (C=O) groups is 3. The lowest BCUT2D eigenvalue weighted by Crippen LogP contribution is -2.36. The second kappa shape index (κ2) is 12.7. The number of hydrogen-bond donors (Lipinski definition) is 1. The molecule has 4 rings (SSSR count). The van der Waals surface area contributed by atoms with Gasteiger partial charge in [0.1, 0.15) is 18.9 Å². The van der Waals surface area contributed by atoms with Gasteiger partial charge in [0.2, 0.25) is 5.91 Å². The molecule has 0 aliphatic carbocycles. The van der Waals surface area contributed by atoms with Gasteiger partial charge in [-0.25, -0.2) is 0 Å². The van der Waals surface area contributed by atoms with Gasteiger partial charge in [0, 0.05) is 0 Å². The molecule has 1 aliphatic heterocycles. The van der Waals surface area contributed by atoms with E-state index in [1.807, 2.05) is 37.3 Å². The Morgan fingerprint density at radius 3 is 2.50 bits per heavy atom. The molecule has 0 unspecified atom stereocenters. The van der Waals surface area contributed by atoms with Gasteiger partial charge in [0.25, 0.3) is 11.1 Å². The molecule has 1 fully saturated rings. The Hall–Kier alpha value is -3.76. The summed E-state index contributed by atoms with van der Waals surface area (Å²) < 4.78 is 17.7. The van der Waals surface area contributed by atoms with E-state index in [-0.39, 0.29) is 4.91 Å². The average molecular weight is 597 g/mol. The number of halogens is 1. The van der Waals surface area contributed by atoms with Crippen molar-refractivity contribution in [1.82, 2.24) is 4.90 Å². The monoisotopic (exact) mass is 596 g/mol. The molecule has 1 aliphatic rings. The van der Waals surface area contributed by atoms with Crippen molar-refractivity contribution in [3.63, 3.8) is 0 Å². The third-order valence-corrected chi connectivity index (χ3v) is 6.91. The largest absolute Gasteiger partial charge is 0.495 e. The Bertz CT molecular complexity index is 1380. The smallest absolute Gasteiger partial charge is 0.294 e. The number of ether oxygens (including phenoxy) is 3. The zero-order chi connectivity index (χ0) is 27.1. The predicted molar refractivity (Wildman–Crippen MR) is 150 cm³/mol. The first-order valence-corrected chi connectivity index (χ1v) is 13.3. The maximum Gasteiger partial charge on any atom is 0.294 e. The number of para-hydroxylation sites is 2. The molecule has 196 valence electrons. The van der Waals surface area contributed by atoms with Gasteiger partial charge in [-0.2, -0.15) is 0 Å². The molecule has 0 spiro atoms. The van der Waals surface area contributed by atoms with Gasteiger partial charge >= 0.3 is 0 Å². The number of carbonyl (C=O) groups excluding carboxylic acids is 3. The number of amides is 3. The molecule has 3 amide bonds. The Balaban J connectivity index is 1.49. The topological polar surface area (TPSA) is 94.2 Å². The summed E-state index contributed by atoms with van der Waals surface area (Å²) in [6, 6.07) is 20.2. The molecule has 0 radical (unpaired) electrons. The molecule has 3 aromatic carbocycles. The first-order valence-electron chi connectivity index (χ1n) is 11.7. The highest BCUT2D eigenvalue weighted by Gasteiger charge is 2.36. The Kier molecular flexibility index (Phi) is 9.09. The van der Waals surface area contributed by atoms with E-state index in [9.17, 15) is 14.4 Å². The molecule has 1 N–H and O–H groups in total. The van der Waals surface area contributed by atoms with E-state index in [2.05, 4.69) is 21.2 Å². The zero-order valence-corrected chi connectivity index (χ0v) is 23.1. The van der Waals surface area contributed by atoms with E-state index in [4.69, 9.17) is 14.2 Å². The van der Waals surface area contributed by atoms with Crippen LogP contribution in [0.4, 0.5) is 10.5 Å². The van der Waals surface area contributed by atoms with Crippen LogP contribution in [0.1, 0.15) is 18.1 Å². The SMILES string of the molecule is CCOc1cc(/C=C2/SC(=O)N(CC(=O)Nc3ccccc3OC)C2=O)cc(Br)c1OCc1ccccc1. The molecule has 0 saturated carbocycles. The van der Waals surface area contributed by atoms with Crippen molar-refractivity contribution in [3.05, 3.63) is 87.2 Å². The highest BCUT2D eigenvalue weighted by atomic mass is 79.9. The third kappa shape index (κ3) is 6.56. The van der Waals surface area contributed by atoms with Gasteiger partial charge in [-0.05, 0) is 76.1 Å². The minimum absolute atomic E-state index is 0.201. The maximum absolute atomic E-state index is 13.0. The van der Waals surface area contributed by atoms with Crippen molar-refractivity contribution in [3.8, 4) is 17.2 Å². The van der Waals surface area contributed by atoms with Crippen LogP contribution in [0, 0.1) is 0 Å².